The highest BCUT2D eigenvalue weighted by molar-refractivity contribution is 9.10. The topological polar surface area (TPSA) is 114 Å². The molecule has 42 heavy (non-hydrogen) atoms. The number of aliphatic carboxylic acids is 1. The van der Waals surface area contributed by atoms with Crippen molar-refractivity contribution in [3.05, 3.63) is 124 Å². The predicted molar refractivity (Wildman–Crippen MR) is 162 cm³/mol. The highest BCUT2D eigenvalue weighted by Crippen LogP contribution is 2.44. The van der Waals surface area contributed by atoms with Gasteiger partial charge in [0, 0.05) is 10.4 Å². The van der Waals surface area contributed by atoms with Crippen LogP contribution in [0, 0.1) is 0 Å². The number of carbonyl (C=O) groups is 3. The van der Waals surface area contributed by atoms with Gasteiger partial charge >= 0.3 is 12.1 Å². The second-order valence-electron chi connectivity index (χ2n) is 9.93. The fourth-order valence-electron chi connectivity index (χ4n) is 5.06. The molecule has 4 aromatic carbocycles. The fourth-order valence-corrected chi connectivity index (χ4v) is 5.42. The Hall–Kier alpha value is -4.47. The molecule has 9 heteroatoms. The highest BCUT2D eigenvalue weighted by Gasteiger charge is 2.30. The maximum absolute atomic E-state index is 13.3. The summed E-state index contributed by atoms with van der Waals surface area (Å²) in [6, 6.07) is 28.7. The highest BCUT2D eigenvalue weighted by atomic mass is 79.9. The molecule has 0 spiro atoms. The second kappa shape index (κ2) is 13.0. The number of benzene rings is 4. The second-order valence-corrected chi connectivity index (χ2v) is 10.8. The van der Waals surface area contributed by atoms with E-state index in [-0.39, 0.29) is 30.4 Å². The van der Waals surface area contributed by atoms with Crippen molar-refractivity contribution in [3.8, 4) is 11.1 Å². The monoisotopic (exact) mass is 628 g/mol. The third-order valence-electron chi connectivity index (χ3n) is 7.18. The van der Waals surface area contributed by atoms with E-state index in [4.69, 9.17) is 9.47 Å². The molecule has 0 bridgehead atoms. The lowest BCUT2D eigenvalue weighted by Gasteiger charge is -2.22. The van der Waals surface area contributed by atoms with Crippen LogP contribution in [0.1, 0.15) is 39.9 Å². The van der Waals surface area contributed by atoms with Crippen LogP contribution in [0.4, 0.5) is 10.5 Å². The number of fused-ring (bicyclic) bond motifs is 3. The molecule has 0 saturated carbocycles. The first-order valence-corrected chi connectivity index (χ1v) is 14.2. The largest absolute Gasteiger partial charge is 0.480 e. The molecule has 1 aliphatic rings. The van der Waals surface area contributed by atoms with Gasteiger partial charge in [0.05, 0.1) is 24.0 Å². The van der Waals surface area contributed by atoms with E-state index < -0.39 is 30.1 Å². The Morgan fingerprint density at radius 1 is 0.881 bits per heavy atom. The minimum Gasteiger partial charge on any atom is -0.480 e. The summed E-state index contributed by atoms with van der Waals surface area (Å²) < 4.78 is 12.0. The van der Waals surface area contributed by atoms with Crippen molar-refractivity contribution in [3.63, 3.8) is 0 Å². The molecule has 0 heterocycles. The lowest BCUT2D eigenvalue weighted by Crippen LogP contribution is -2.48. The minimum atomic E-state index is -1.33. The number of carboxylic acids is 1. The zero-order chi connectivity index (χ0) is 29.6. The minimum absolute atomic E-state index is 0.0771. The number of hydrogen-bond donors (Lipinski definition) is 3. The molecule has 0 radical (unpaired) electrons. The lowest BCUT2D eigenvalue weighted by atomic mass is 9.98. The van der Waals surface area contributed by atoms with Gasteiger partial charge in [0.25, 0.3) is 5.91 Å². The third kappa shape index (κ3) is 6.53. The molecule has 1 aliphatic carbocycles. The molecule has 0 aliphatic heterocycles. The van der Waals surface area contributed by atoms with Crippen LogP contribution in [-0.2, 0) is 20.9 Å². The first-order valence-electron chi connectivity index (χ1n) is 13.4. The Morgan fingerprint density at radius 2 is 1.50 bits per heavy atom. The molecule has 8 nitrogen and oxygen atoms in total. The van der Waals surface area contributed by atoms with Crippen molar-refractivity contribution >= 4 is 39.6 Å². The molecular weight excluding hydrogens is 600 g/mol. The van der Waals surface area contributed by atoms with Gasteiger partial charge in [-0.2, -0.15) is 0 Å². The van der Waals surface area contributed by atoms with E-state index in [1.54, 1.807) is 19.1 Å². The summed E-state index contributed by atoms with van der Waals surface area (Å²) in [4.78, 5) is 38.2. The summed E-state index contributed by atoms with van der Waals surface area (Å²) in [5.74, 6) is -2.05. The van der Waals surface area contributed by atoms with Gasteiger partial charge in [-0.25, -0.2) is 9.59 Å². The summed E-state index contributed by atoms with van der Waals surface area (Å²) in [5.41, 5.74) is 5.51. The van der Waals surface area contributed by atoms with E-state index in [2.05, 4.69) is 38.7 Å². The van der Waals surface area contributed by atoms with E-state index in [1.165, 1.54) is 6.07 Å². The maximum atomic E-state index is 13.3. The number of carbonyl (C=O) groups excluding carboxylic acids is 2. The lowest BCUT2D eigenvalue weighted by molar-refractivity contribution is -0.143. The number of carboxylic acid groups (broad SMARTS) is 1. The van der Waals surface area contributed by atoms with Gasteiger partial charge in [-0.15, -0.1) is 0 Å². The van der Waals surface area contributed by atoms with Crippen LogP contribution in [0.5, 0.6) is 0 Å². The van der Waals surface area contributed by atoms with Crippen LogP contribution in [0.2, 0.25) is 0 Å². The molecule has 5 rings (SSSR count). The first kappa shape index (κ1) is 29.0. The Balaban J connectivity index is 1.25. The van der Waals surface area contributed by atoms with Gasteiger partial charge in [0.1, 0.15) is 6.61 Å². The molecule has 2 atom stereocenters. The number of anilines is 1. The average molecular weight is 630 g/mol. The quantitative estimate of drug-likeness (QED) is 0.182. The van der Waals surface area contributed by atoms with E-state index in [1.807, 2.05) is 66.7 Å². The number of nitrogens with one attached hydrogen (secondary N) is 2. The zero-order valence-corrected chi connectivity index (χ0v) is 24.3. The molecular formula is C33H29BrN2O6. The maximum Gasteiger partial charge on any atom is 0.411 e. The standard InChI is InChI=1S/C33H29BrN2O6/c1-20(41-18-21-9-3-2-4-10-21)30(32(38)39)36-31(37)27-16-15-22(34)17-29(27)35-33(40)42-19-28-25-13-7-5-11-23(25)24-12-6-8-14-26(24)28/h2-17,20,28,30H,18-19H2,1H3,(H,35,40)(H,36,37)(H,38,39). The van der Waals surface area contributed by atoms with Crippen LogP contribution in [-0.4, -0.2) is 41.8 Å². The van der Waals surface area contributed by atoms with Gasteiger partial charge in [-0.05, 0) is 52.9 Å². The zero-order valence-electron chi connectivity index (χ0n) is 22.8. The SMILES string of the molecule is CC(OCc1ccccc1)C(NC(=O)c1ccc(Br)cc1NC(=O)OCC1c2ccccc2-c2ccccc21)C(=O)O. The van der Waals surface area contributed by atoms with Crippen molar-refractivity contribution in [1.82, 2.24) is 5.32 Å². The fraction of sp³-hybridized carbons (Fsp3) is 0.182. The number of hydrogen-bond acceptors (Lipinski definition) is 5. The van der Waals surface area contributed by atoms with Crippen LogP contribution in [0.25, 0.3) is 11.1 Å². The Labute approximate surface area is 251 Å². The Bertz CT molecular complexity index is 1560. The van der Waals surface area contributed by atoms with Crippen LogP contribution in [0.15, 0.2) is 102 Å². The molecule has 2 amide bonds. The predicted octanol–water partition coefficient (Wildman–Crippen LogP) is 6.60. The van der Waals surface area contributed by atoms with Gasteiger partial charge in [-0.1, -0.05) is 94.8 Å². The number of rotatable bonds is 10. The Kier molecular flexibility index (Phi) is 9.00. The van der Waals surface area contributed by atoms with E-state index in [0.717, 1.165) is 27.8 Å². The summed E-state index contributed by atoms with van der Waals surface area (Å²) >= 11 is 3.37. The smallest absolute Gasteiger partial charge is 0.411 e. The average Bonchev–Trinajstić information content (AvgIpc) is 3.31. The number of ether oxygens (including phenoxy) is 2. The number of amides is 2. The van der Waals surface area contributed by atoms with Gasteiger partial charge in [0.15, 0.2) is 6.04 Å². The van der Waals surface area contributed by atoms with Crippen molar-refractivity contribution in [1.29, 1.82) is 0 Å². The van der Waals surface area contributed by atoms with Gasteiger partial charge < -0.3 is 19.9 Å². The summed E-state index contributed by atoms with van der Waals surface area (Å²) in [6.45, 7) is 1.88. The molecule has 2 unspecified atom stereocenters. The van der Waals surface area contributed by atoms with E-state index >= 15 is 0 Å². The summed E-state index contributed by atoms with van der Waals surface area (Å²) in [5, 5.41) is 15.0. The molecule has 3 N–H and O–H groups in total. The molecule has 0 saturated heterocycles. The summed E-state index contributed by atoms with van der Waals surface area (Å²) in [7, 11) is 0. The molecule has 0 aromatic heterocycles. The van der Waals surface area contributed by atoms with Crippen LogP contribution in [0.3, 0.4) is 0 Å². The van der Waals surface area contributed by atoms with Gasteiger partial charge in [-0.3, -0.25) is 10.1 Å². The summed E-state index contributed by atoms with van der Waals surface area (Å²) in [6.07, 6.45) is -1.57. The van der Waals surface area contributed by atoms with Crippen LogP contribution < -0.4 is 10.6 Å². The van der Waals surface area contributed by atoms with Crippen molar-refractivity contribution in [2.45, 2.75) is 31.6 Å². The van der Waals surface area contributed by atoms with E-state index in [9.17, 15) is 19.5 Å². The van der Waals surface area contributed by atoms with Crippen molar-refractivity contribution in [2.24, 2.45) is 0 Å². The molecule has 4 aromatic rings. The van der Waals surface area contributed by atoms with Crippen LogP contribution >= 0.6 is 15.9 Å². The van der Waals surface area contributed by atoms with E-state index in [0.29, 0.717) is 4.47 Å². The molecule has 214 valence electrons. The third-order valence-corrected chi connectivity index (χ3v) is 7.68. The van der Waals surface area contributed by atoms with Crippen molar-refractivity contribution in [2.75, 3.05) is 11.9 Å². The number of halogens is 1. The molecule has 0 fully saturated rings. The van der Waals surface area contributed by atoms with Crippen molar-refractivity contribution < 1.29 is 29.0 Å². The van der Waals surface area contributed by atoms with Gasteiger partial charge in [0.2, 0.25) is 0 Å². The normalized spacial score (nSPS) is 13.4. The first-order chi connectivity index (χ1) is 20.3. The Morgan fingerprint density at radius 3 is 2.14 bits per heavy atom.